The minimum atomic E-state index is -0.125. The lowest BCUT2D eigenvalue weighted by Gasteiger charge is -2.19. The summed E-state index contributed by atoms with van der Waals surface area (Å²) >= 11 is 0. The summed E-state index contributed by atoms with van der Waals surface area (Å²) < 4.78 is 10.8. The number of hydrogen-bond acceptors (Lipinski definition) is 3. The first kappa shape index (κ1) is 20.5. The van der Waals surface area contributed by atoms with Crippen molar-refractivity contribution < 1.29 is 14.3 Å². The number of fused-ring (bicyclic) bond motifs is 1. The van der Waals surface area contributed by atoms with Gasteiger partial charge in [-0.1, -0.05) is 36.4 Å². The van der Waals surface area contributed by atoms with Gasteiger partial charge in [0.2, 0.25) is 0 Å². The number of amides is 1. The highest BCUT2D eigenvalue weighted by atomic mass is 16.5. The Balaban J connectivity index is 1.61. The van der Waals surface area contributed by atoms with Crippen LogP contribution >= 0.6 is 0 Å². The van der Waals surface area contributed by atoms with Crippen LogP contribution in [0.25, 0.3) is 10.9 Å². The molecule has 1 aromatic heterocycles. The molecule has 0 saturated heterocycles. The highest BCUT2D eigenvalue weighted by Crippen LogP contribution is 2.31. The summed E-state index contributed by atoms with van der Waals surface area (Å²) in [5.41, 5.74) is 3.91. The molecule has 0 unspecified atom stereocenters. The lowest BCUT2D eigenvalue weighted by atomic mass is 9.90. The molecular weight excluding hydrogens is 388 g/mol. The maximum Gasteiger partial charge on any atom is 0.251 e. The number of benzene rings is 3. The molecule has 3 aromatic carbocycles. The van der Waals surface area contributed by atoms with Crippen molar-refractivity contribution in [3.8, 4) is 11.5 Å². The molecule has 4 rings (SSSR count). The molecule has 0 fully saturated rings. The molecule has 0 radical (unpaired) electrons. The van der Waals surface area contributed by atoms with Gasteiger partial charge < -0.3 is 19.8 Å². The van der Waals surface area contributed by atoms with E-state index in [0.717, 1.165) is 27.8 Å². The average Bonchev–Trinajstić information content (AvgIpc) is 3.24. The Kier molecular flexibility index (Phi) is 6.22. The van der Waals surface area contributed by atoms with Crippen molar-refractivity contribution in [3.05, 3.63) is 95.7 Å². The van der Waals surface area contributed by atoms with E-state index < -0.39 is 0 Å². The van der Waals surface area contributed by atoms with Crippen LogP contribution in [0.5, 0.6) is 11.5 Å². The molecule has 1 atom stereocenters. The summed E-state index contributed by atoms with van der Waals surface area (Å²) in [6.07, 6.45) is 2.03. The van der Waals surface area contributed by atoms with Crippen molar-refractivity contribution >= 4 is 16.8 Å². The number of aromatic amines is 1. The predicted molar refractivity (Wildman–Crippen MR) is 123 cm³/mol. The third-order valence-electron chi connectivity index (χ3n) is 5.39. The van der Waals surface area contributed by atoms with Crippen LogP contribution in [0.1, 0.15) is 34.3 Å². The third kappa shape index (κ3) is 4.56. The van der Waals surface area contributed by atoms with Crippen molar-refractivity contribution in [1.29, 1.82) is 0 Å². The number of para-hydroxylation sites is 1. The van der Waals surface area contributed by atoms with Gasteiger partial charge in [0.1, 0.15) is 11.5 Å². The van der Waals surface area contributed by atoms with Crippen molar-refractivity contribution in [2.75, 3.05) is 20.3 Å². The molecule has 2 N–H and O–H groups in total. The Hall–Kier alpha value is -3.73. The fourth-order valence-electron chi connectivity index (χ4n) is 3.82. The summed E-state index contributed by atoms with van der Waals surface area (Å²) in [5.74, 6) is 1.36. The van der Waals surface area contributed by atoms with Crippen LogP contribution in [-0.4, -0.2) is 31.2 Å². The monoisotopic (exact) mass is 414 g/mol. The van der Waals surface area contributed by atoms with E-state index in [2.05, 4.69) is 22.4 Å². The lowest BCUT2D eigenvalue weighted by Crippen LogP contribution is -2.28. The number of hydrogen-bond donors (Lipinski definition) is 2. The number of ether oxygens (including phenoxy) is 2. The molecular formula is C26H26N2O3. The molecule has 0 saturated carbocycles. The Morgan fingerprint density at radius 3 is 2.58 bits per heavy atom. The van der Waals surface area contributed by atoms with Gasteiger partial charge in [0.25, 0.3) is 5.91 Å². The molecule has 0 aliphatic rings. The number of rotatable bonds is 8. The molecule has 5 nitrogen and oxygen atoms in total. The van der Waals surface area contributed by atoms with Gasteiger partial charge >= 0.3 is 0 Å². The summed E-state index contributed by atoms with van der Waals surface area (Å²) in [6.45, 7) is 2.95. The zero-order valence-corrected chi connectivity index (χ0v) is 17.7. The minimum Gasteiger partial charge on any atom is -0.497 e. The topological polar surface area (TPSA) is 63.4 Å². The number of carbonyl (C=O) groups excluding carboxylic acids is 1. The Morgan fingerprint density at radius 1 is 1.00 bits per heavy atom. The average molecular weight is 415 g/mol. The van der Waals surface area contributed by atoms with E-state index in [1.165, 1.54) is 0 Å². The zero-order valence-electron chi connectivity index (χ0n) is 17.7. The number of methoxy groups -OCH3 is 1. The second-order valence-corrected chi connectivity index (χ2v) is 7.29. The Bertz CT molecular complexity index is 1160. The van der Waals surface area contributed by atoms with E-state index in [9.17, 15) is 4.79 Å². The molecule has 1 heterocycles. The summed E-state index contributed by atoms with van der Waals surface area (Å²) in [5, 5.41) is 4.26. The molecule has 31 heavy (non-hydrogen) atoms. The van der Waals surface area contributed by atoms with E-state index >= 15 is 0 Å². The van der Waals surface area contributed by atoms with Crippen LogP contribution in [0.2, 0.25) is 0 Å². The summed E-state index contributed by atoms with van der Waals surface area (Å²) in [7, 11) is 1.66. The molecule has 5 heteroatoms. The quantitative estimate of drug-likeness (QED) is 0.420. The van der Waals surface area contributed by atoms with Crippen LogP contribution < -0.4 is 14.8 Å². The second kappa shape index (κ2) is 9.39. The smallest absolute Gasteiger partial charge is 0.251 e. The van der Waals surface area contributed by atoms with Gasteiger partial charge in [-0.05, 0) is 54.4 Å². The minimum absolute atomic E-state index is 0.0129. The van der Waals surface area contributed by atoms with Crippen LogP contribution in [0.15, 0.2) is 79.0 Å². The Morgan fingerprint density at radius 2 is 1.81 bits per heavy atom. The molecule has 4 aromatic rings. The van der Waals surface area contributed by atoms with Crippen molar-refractivity contribution in [2.24, 2.45) is 0 Å². The normalized spacial score (nSPS) is 11.8. The predicted octanol–water partition coefficient (Wildman–Crippen LogP) is 5.14. The summed E-state index contributed by atoms with van der Waals surface area (Å²) in [6, 6.07) is 23.5. The van der Waals surface area contributed by atoms with Gasteiger partial charge in [-0.3, -0.25) is 4.79 Å². The highest BCUT2D eigenvalue weighted by molar-refractivity contribution is 5.94. The van der Waals surface area contributed by atoms with Crippen LogP contribution in [-0.2, 0) is 0 Å². The van der Waals surface area contributed by atoms with E-state index in [1.54, 1.807) is 19.2 Å². The zero-order chi connectivity index (χ0) is 21.6. The van der Waals surface area contributed by atoms with Gasteiger partial charge in [0, 0.05) is 35.1 Å². The molecule has 1 amide bonds. The second-order valence-electron chi connectivity index (χ2n) is 7.29. The SMILES string of the molecule is CCOc1cccc(C(=O)NC[C@@H](c2ccc(OC)cc2)c2c[nH]c3ccccc23)c1. The number of aromatic nitrogens is 1. The standard InChI is InChI=1S/C26H26N2O3/c1-3-31-21-8-6-7-19(15-21)26(29)28-16-23(18-11-13-20(30-2)14-12-18)24-17-27-25-10-5-4-9-22(24)25/h4-15,17,23,27H,3,16H2,1-2H3,(H,28,29)/t23-/m0/s1. The van der Waals surface area contributed by atoms with Crippen LogP contribution in [0.4, 0.5) is 0 Å². The molecule has 158 valence electrons. The van der Waals surface area contributed by atoms with Gasteiger partial charge in [-0.25, -0.2) is 0 Å². The molecule has 0 aliphatic carbocycles. The maximum absolute atomic E-state index is 12.9. The van der Waals surface area contributed by atoms with E-state index in [4.69, 9.17) is 9.47 Å². The van der Waals surface area contributed by atoms with Gasteiger partial charge in [-0.15, -0.1) is 0 Å². The first-order valence-electron chi connectivity index (χ1n) is 10.4. The fourth-order valence-corrected chi connectivity index (χ4v) is 3.82. The number of carbonyl (C=O) groups is 1. The van der Waals surface area contributed by atoms with E-state index in [-0.39, 0.29) is 11.8 Å². The highest BCUT2D eigenvalue weighted by Gasteiger charge is 2.20. The van der Waals surface area contributed by atoms with Gasteiger partial charge in [0.15, 0.2) is 0 Å². The lowest BCUT2D eigenvalue weighted by molar-refractivity contribution is 0.0952. The van der Waals surface area contributed by atoms with Crippen molar-refractivity contribution in [3.63, 3.8) is 0 Å². The summed E-state index contributed by atoms with van der Waals surface area (Å²) in [4.78, 5) is 16.2. The van der Waals surface area contributed by atoms with Crippen molar-refractivity contribution in [2.45, 2.75) is 12.8 Å². The first-order valence-corrected chi connectivity index (χ1v) is 10.4. The Labute approximate surface area is 182 Å². The van der Waals surface area contributed by atoms with Gasteiger partial charge in [0.05, 0.1) is 13.7 Å². The molecule has 0 spiro atoms. The largest absolute Gasteiger partial charge is 0.497 e. The fraction of sp³-hybridized carbons (Fsp3) is 0.192. The van der Waals surface area contributed by atoms with Crippen molar-refractivity contribution in [1.82, 2.24) is 10.3 Å². The van der Waals surface area contributed by atoms with E-state index in [1.807, 2.05) is 61.7 Å². The molecule has 0 bridgehead atoms. The first-order chi connectivity index (χ1) is 15.2. The third-order valence-corrected chi connectivity index (χ3v) is 5.39. The number of nitrogens with one attached hydrogen (secondary N) is 2. The van der Waals surface area contributed by atoms with E-state index in [0.29, 0.717) is 24.5 Å². The van der Waals surface area contributed by atoms with Crippen LogP contribution in [0.3, 0.4) is 0 Å². The molecule has 0 aliphatic heterocycles. The van der Waals surface area contributed by atoms with Gasteiger partial charge in [-0.2, -0.15) is 0 Å². The van der Waals surface area contributed by atoms with Crippen LogP contribution in [0, 0.1) is 0 Å². The number of H-pyrrole nitrogens is 1. The maximum atomic E-state index is 12.9.